The zero-order valence-electron chi connectivity index (χ0n) is 42.4. The van der Waals surface area contributed by atoms with E-state index in [0.29, 0.717) is 33.9 Å². The van der Waals surface area contributed by atoms with E-state index < -0.39 is 26.7 Å². The second kappa shape index (κ2) is 17.3. The van der Waals surface area contributed by atoms with Crippen LogP contribution in [-0.2, 0) is 20.1 Å². The van der Waals surface area contributed by atoms with Gasteiger partial charge < -0.3 is 14.0 Å². The van der Waals surface area contributed by atoms with Crippen LogP contribution in [0.5, 0.6) is 0 Å². The second-order valence-electron chi connectivity index (χ2n) is 16.5. The van der Waals surface area contributed by atoms with Crippen molar-refractivity contribution < 1.29 is 34.1 Å². The molecule has 0 saturated heterocycles. The molecule has 9 rings (SSSR count). The Balaban J connectivity index is 0.000000245. The average molecular weight is 988 g/mol. The van der Waals surface area contributed by atoms with Gasteiger partial charge in [0.05, 0.1) is 30.5 Å². The average Bonchev–Trinajstić information content (AvgIpc) is 3.80. The van der Waals surface area contributed by atoms with Gasteiger partial charge in [-0.25, -0.2) is 4.98 Å². The van der Waals surface area contributed by atoms with Gasteiger partial charge in [0, 0.05) is 52.7 Å². The van der Waals surface area contributed by atoms with E-state index in [0.717, 1.165) is 61.0 Å². The van der Waals surface area contributed by atoms with E-state index in [1.165, 1.54) is 11.3 Å². The van der Waals surface area contributed by atoms with E-state index >= 15 is 0 Å². The molecule has 0 spiro atoms. The number of para-hydroxylation sites is 2. The van der Waals surface area contributed by atoms with Crippen molar-refractivity contribution in [2.45, 2.75) is 79.8 Å². The van der Waals surface area contributed by atoms with Crippen LogP contribution < -0.4 is 5.19 Å². The number of hydrogen-bond acceptors (Lipinski definition) is 4. The number of rotatable bonds is 7. The molecule has 0 saturated carbocycles. The van der Waals surface area contributed by atoms with Gasteiger partial charge in [-0.05, 0) is 94.7 Å². The molecule has 0 aliphatic carbocycles. The number of pyridine rings is 2. The molecule has 4 aromatic heterocycles. The summed E-state index contributed by atoms with van der Waals surface area (Å²) in [6.45, 7) is 15.9. The number of aromatic nitrogens is 4. The zero-order chi connectivity index (χ0) is 47.7. The summed E-state index contributed by atoms with van der Waals surface area (Å²) in [5.74, 6) is -1.33. The zero-order valence-corrected chi connectivity index (χ0v) is 38.8. The first kappa shape index (κ1) is 34.3. The van der Waals surface area contributed by atoms with E-state index in [-0.39, 0.29) is 37.8 Å². The Labute approximate surface area is 379 Å². The van der Waals surface area contributed by atoms with Crippen LogP contribution in [0.1, 0.15) is 77.0 Å². The Morgan fingerprint density at radius 3 is 2.17 bits per heavy atom. The summed E-state index contributed by atoms with van der Waals surface area (Å²) >= 11 is 0. The smallest absolute Gasteiger partial charge is 0.216 e. The van der Waals surface area contributed by atoms with Crippen LogP contribution in [-0.4, -0.2) is 27.6 Å². The molecule has 0 unspecified atom stereocenters. The fourth-order valence-corrected chi connectivity index (χ4v) is 8.39. The van der Waals surface area contributed by atoms with Gasteiger partial charge in [-0.1, -0.05) is 120 Å². The first-order valence-electron chi connectivity index (χ1n) is 23.4. The minimum Gasteiger partial charge on any atom is -0.486 e. The van der Waals surface area contributed by atoms with E-state index in [4.69, 9.17) is 21.2 Å². The first-order chi connectivity index (χ1) is 30.9. The number of imidazole rings is 1. The molecule has 0 atom stereocenters. The summed E-state index contributed by atoms with van der Waals surface area (Å²) in [6.07, 6.45) is 1.82. The minimum atomic E-state index is -2.47. The van der Waals surface area contributed by atoms with E-state index in [2.05, 4.69) is 78.6 Å². The van der Waals surface area contributed by atoms with E-state index in [1.807, 2.05) is 108 Å². The summed E-state index contributed by atoms with van der Waals surface area (Å²) < 4.78 is 65.2. The Bertz CT molecular complexity index is 3230. The predicted molar refractivity (Wildman–Crippen MR) is 250 cm³/mol. The number of fused-ring (bicyclic) bond motifs is 4. The normalized spacial score (nSPS) is 13.9. The van der Waals surface area contributed by atoms with Crippen molar-refractivity contribution >= 4 is 46.4 Å². The quantitative estimate of drug-likeness (QED) is 0.118. The third-order valence-electron chi connectivity index (χ3n) is 10.8. The van der Waals surface area contributed by atoms with Gasteiger partial charge in [0.15, 0.2) is 0 Å². The molecule has 0 aliphatic rings. The molecule has 5 aromatic carbocycles. The molecular formula is C53H52IrN4OSi-2. The standard InChI is InChI=1S/C38H34N3O.C15H18NSi.Ir/c1-22(2)30-20-27(26-13-8-7-9-14-26)21-31(23(3)4)35(30)41-34-18-11-10-17-33(34)40-37(41)29-16-12-15-28-32-19-24(5)25(6)39-38(32)42-36(28)29;1-12-5-7-13(8-6-12)15-10-9-14(11-16-15)17(2,3)4;/h7-15,17-23H,1-6H3;5-7,9-11H,1-4H3;/q2*-1;/i22D,23D;1D3,5D,6D;. The number of benzene rings is 5. The molecule has 7 heteroatoms. The predicted octanol–water partition coefficient (Wildman–Crippen LogP) is 13.7. The van der Waals surface area contributed by atoms with Crippen LogP contribution in [0.4, 0.5) is 0 Å². The Morgan fingerprint density at radius 2 is 1.52 bits per heavy atom. The fraction of sp³-hybridized carbons (Fsp3) is 0.226. The van der Waals surface area contributed by atoms with Gasteiger partial charge in [-0.15, -0.1) is 53.5 Å². The summed E-state index contributed by atoms with van der Waals surface area (Å²) in [6, 6.07) is 39.5. The monoisotopic (exact) mass is 988 g/mol. The van der Waals surface area contributed by atoms with Crippen LogP contribution in [0.3, 0.4) is 0 Å². The number of nitrogens with zero attached hydrogens (tertiary/aromatic N) is 4. The van der Waals surface area contributed by atoms with Crippen LogP contribution in [0.15, 0.2) is 126 Å². The minimum absolute atomic E-state index is 0. The maximum atomic E-state index is 9.37. The maximum Gasteiger partial charge on any atom is 0.216 e. The molecule has 0 fully saturated rings. The van der Waals surface area contributed by atoms with Gasteiger partial charge >= 0.3 is 0 Å². The summed E-state index contributed by atoms with van der Waals surface area (Å²) in [7, 11) is -1.43. The molecule has 5 nitrogen and oxygen atoms in total. The summed E-state index contributed by atoms with van der Waals surface area (Å²) in [4.78, 5) is 14.3. The maximum absolute atomic E-state index is 9.37. The van der Waals surface area contributed by atoms with Gasteiger partial charge in [0.25, 0.3) is 0 Å². The number of hydrogen-bond donors (Lipinski definition) is 0. The van der Waals surface area contributed by atoms with Crippen LogP contribution in [0.2, 0.25) is 19.6 Å². The van der Waals surface area contributed by atoms with Crippen molar-refractivity contribution in [2.75, 3.05) is 0 Å². The molecule has 0 bridgehead atoms. The van der Waals surface area contributed by atoms with Gasteiger partial charge in [-0.3, -0.25) is 4.98 Å². The fourth-order valence-electron chi connectivity index (χ4n) is 7.36. The molecule has 60 heavy (non-hydrogen) atoms. The van der Waals surface area contributed by atoms with Gasteiger partial charge in [0.1, 0.15) is 0 Å². The first-order valence-corrected chi connectivity index (χ1v) is 23.4. The largest absolute Gasteiger partial charge is 0.486 e. The SMILES string of the molecule is [2H]C(C)(C)c1cc(-c2ccccc2)cc(C([2H])(C)C)c1-n1c(-c2[c-]ccc3c2oc2nc(C)c(C)cc23)nc2ccccc21.[2H]c1[c-]c(-c2ccc([Si](C)(C)C)cn2)cc([2H])c1C([2H])([2H])[2H].[Ir]. The van der Waals surface area contributed by atoms with Crippen molar-refractivity contribution in [3.63, 3.8) is 0 Å². The third kappa shape index (κ3) is 8.32. The molecular weight excluding hydrogens is 929 g/mol. The van der Waals surface area contributed by atoms with Crippen LogP contribution in [0, 0.1) is 32.8 Å². The summed E-state index contributed by atoms with van der Waals surface area (Å²) in [5, 5.41) is 3.12. The van der Waals surface area contributed by atoms with Crippen LogP contribution >= 0.6 is 0 Å². The molecule has 0 N–H and O–H groups in total. The van der Waals surface area contributed by atoms with Gasteiger partial charge in [-0.2, -0.15) is 0 Å². The Kier molecular flexibility index (Phi) is 9.86. The topological polar surface area (TPSA) is 56.7 Å². The molecule has 9 aromatic rings. The van der Waals surface area contributed by atoms with Crippen LogP contribution in [0.25, 0.3) is 72.6 Å². The molecule has 4 heterocycles. The second-order valence-corrected chi connectivity index (χ2v) is 21.6. The van der Waals surface area contributed by atoms with E-state index in [1.54, 1.807) is 0 Å². The van der Waals surface area contributed by atoms with Crippen molar-refractivity contribution in [2.24, 2.45) is 0 Å². The number of furan rings is 1. The number of aryl methyl sites for hydroxylation is 2. The van der Waals surface area contributed by atoms with Crippen molar-refractivity contribution in [1.82, 2.24) is 19.5 Å². The third-order valence-corrected chi connectivity index (χ3v) is 12.8. The summed E-state index contributed by atoms with van der Waals surface area (Å²) in [5.41, 5.74) is 10.9. The Hall–Kier alpha value is -5.46. The van der Waals surface area contributed by atoms with E-state index in [9.17, 15) is 2.74 Å². The molecule has 305 valence electrons. The van der Waals surface area contributed by atoms with Gasteiger partial charge in [0.2, 0.25) is 5.71 Å². The van der Waals surface area contributed by atoms with Crippen molar-refractivity contribution in [1.29, 1.82) is 0 Å². The van der Waals surface area contributed by atoms with Crippen molar-refractivity contribution in [3.05, 3.63) is 161 Å². The molecule has 0 amide bonds. The molecule has 1 radical (unpaired) electrons. The van der Waals surface area contributed by atoms with Crippen molar-refractivity contribution in [3.8, 4) is 39.5 Å². The Morgan fingerprint density at radius 1 is 0.800 bits per heavy atom. The molecule has 0 aliphatic heterocycles.